The first-order valence-electron chi connectivity index (χ1n) is 22.6. The molecule has 2 heterocycles. The maximum absolute atomic E-state index is 2.58. The molecule has 2 nitrogen and oxygen atoms in total. The van der Waals surface area contributed by atoms with Crippen LogP contribution in [0.1, 0.15) is 61.8 Å². The number of aryl methyl sites for hydroxylation is 2. The minimum Gasteiger partial charge on any atom is -0.308 e. The van der Waals surface area contributed by atoms with Gasteiger partial charge in [-0.05, 0) is 118 Å². The molecule has 0 bridgehead atoms. The first-order chi connectivity index (χ1) is 31.3. The van der Waals surface area contributed by atoms with Gasteiger partial charge in [0.15, 0.2) is 0 Å². The van der Waals surface area contributed by atoms with Gasteiger partial charge in [0.1, 0.15) is 0 Å². The van der Waals surface area contributed by atoms with Crippen molar-refractivity contribution in [2.75, 3.05) is 9.80 Å². The van der Waals surface area contributed by atoms with E-state index in [0.29, 0.717) is 11.8 Å². The summed E-state index contributed by atoms with van der Waals surface area (Å²) in [5.74, 6) is 0.584. The molecule has 10 aromatic carbocycles. The second-order valence-electron chi connectivity index (χ2n) is 18.1. The molecule has 12 aromatic rings. The molecule has 4 heteroatoms. The highest BCUT2D eigenvalue weighted by molar-refractivity contribution is 7.26. The van der Waals surface area contributed by atoms with Crippen LogP contribution in [0.3, 0.4) is 0 Å². The highest BCUT2D eigenvalue weighted by Gasteiger charge is 2.29. The smallest absolute Gasteiger partial charge is 0.0669 e. The number of para-hydroxylation sites is 2. The Labute approximate surface area is 382 Å². The van der Waals surface area contributed by atoms with Crippen molar-refractivity contribution in [2.45, 2.75) is 53.4 Å². The van der Waals surface area contributed by atoms with Crippen molar-refractivity contribution in [2.24, 2.45) is 0 Å². The molecule has 0 N–H and O–H groups in total. The van der Waals surface area contributed by atoms with Crippen LogP contribution in [-0.2, 0) is 0 Å². The Bertz CT molecular complexity index is 3510. The summed E-state index contributed by atoms with van der Waals surface area (Å²) in [6, 6.07) is 63.9. The summed E-state index contributed by atoms with van der Waals surface area (Å²) in [5, 5.41) is 13.1. The molecule has 0 radical (unpaired) electrons. The van der Waals surface area contributed by atoms with Gasteiger partial charge in [0.2, 0.25) is 0 Å². The molecule has 0 atom stereocenters. The van der Waals surface area contributed by atoms with E-state index in [2.05, 4.69) is 221 Å². The molecule has 2 aromatic heterocycles. The molecule has 0 aliphatic carbocycles. The maximum Gasteiger partial charge on any atom is 0.0669 e. The summed E-state index contributed by atoms with van der Waals surface area (Å²) in [7, 11) is 0. The van der Waals surface area contributed by atoms with E-state index in [9.17, 15) is 0 Å². The standard InChI is InChI=1S/C60H48N2S2/c1-35(2)49-33-51(61(39-17-9-7-10-18-39)57-37(5)25-27-45-41-21-13-15-23-53(41)63-59(45)57)47-32-30-44-50(36(3)4)34-52(48-31-29-43(49)55(47)56(44)48)62(40-19-11-8-12-20-40)58-38(6)26-28-46-42-22-14-16-24-54(42)64-60(46)58/h7-36H,1-6H3. The number of hydrogen-bond donors (Lipinski definition) is 0. The summed E-state index contributed by atoms with van der Waals surface area (Å²) in [6.07, 6.45) is 0. The average molecular weight is 861 g/mol. The summed E-state index contributed by atoms with van der Waals surface area (Å²) in [5.41, 5.74) is 12.5. The van der Waals surface area contributed by atoms with Gasteiger partial charge in [-0.25, -0.2) is 0 Å². The van der Waals surface area contributed by atoms with E-state index in [-0.39, 0.29) is 0 Å². The summed E-state index contributed by atoms with van der Waals surface area (Å²) in [6.45, 7) is 14.0. The molecule has 0 amide bonds. The lowest BCUT2D eigenvalue weighted by atomic mass is 9.84. The van der Waals surface area contributed by atoms with Gasteiger partial charge in [-0.1, -0.05) is 149 Å². The zero-order valence-corrected chi connectivity index (χ0v) is 38.7. The number of fused-ring (bicyclic) bond motifs is 6. The first kappa shape index (κ1) is 38.9. The third-order valence-electron chi connectivity index (χ3n) is 13.6. The lowest BCUT2D eigenvalue weighted by Gasteiger charge is -2.32. The fourth-order valence-electron chi connectivity index (χ4n) is 10.6. The van der Waals surface area contributed by atoms with Crippen LogP contribution < -0.4 is 9.80 Å². The second-order valence-corrected chi connectivity index (χ2v) is 20.2. The van der Waals surface area contributed by atoms with Gasteiger partial charge in [0.05, 0.1) is 32.1 Å². The quantitative estimate of drug-likeness (QED) is 0.140. The zero-order chi connectivity index (χ0) is 43.4. The third kappa shape index (κ3) is 5.82. The summed E-state index contributed by atoms with van der Waals surface area (Å²) < 4.78 is 5.26. The number of nitrogens with zero attached hydrogens (tertiary/aromatic N) is 2. The van der Waals surface area contributed by atoms with Crippen LogP contribution >= 0.6 is 22.7 Å². The van der Waals surface area contributed by atoms with Crippen molar-refractivity contribution in [3.63, 3.8) is 0 Å². The van der Waals surface area contributed by atoms with Crippen molar-refractivity contribution < 1.29 is 0 Å². The number of hydrogen-bond acceptors (Lipinski definition) is 4. The van der Waals surface area contributed by atoms with Gasteiger partial charge in [-0.2, -0.15) is 0 Å². The van der Waals surface area contributed by atoms with Crippen molar-refractivity contribution in [1.29, 1.82) is 0 Å². The first-order valence-corrected chi connectivity index (χ1v) is 24.2. The Hall–Kier alpha value is -6.72. The molecule has 0 saturated carbocycles. The van der Waals surface area contributed by atoms with Crippen LogP contribution in [0.15, 0.2) is 170 Å². The lowest BCUT2D eigenvalue weighted by Crippen LogP contribution is -2.14. The number of benzene rings is 10. The molecule has 0 fully saturated rings. The Balaban J connectivity index is 1.22. The predicted octanol–water partition coefficient (Wildman–Crippen LogP) is 19.1. The largest absolute Gasteiger partial charge is 0.308 e. The third-order valence-corrected chi connectivity index (χ3v) is 16.0. The topological polar surface area (TPSA) is 6.48 Å². The molecule has 64 heavy (non-hydrogen) atoms. The van der Waals surface area contributed by atoms with E-state index < -0.39 is 0 Å². The van der Waals surface area contributed by atoms with E-state index in [0.717, 1.165) is 11.4 Å². The van der Waals surface area contributed by atoms with Gasteiger partial charge in [0, 0.05) is 53.1 Å². The molecule has 0 spiro atoms. The summed E-state index contributed by atoms with van der Waals surface area (Å²) >= 11 is 3.81. The fourth-order valence-corrected chi connectivity index (χ4v) is 13.2. The number of anilines is 6. The zero-order valence-electron chi connectivity index (χ0n) is 37.0. The fraction of sp³-hybridized carbons (Fsp3) is 0.133. The van der Waals surface area contributed by atoms with E-state index in [1.165, 1.54) is 118 Å². The van der Waals surface area contributed by atoms with Crippen molar-refractivity contribution in [3.05, 3.63) is 192 Å². The minimum atomic E-state index is 0.292. The highest BCUT2D eigenvalue weighted by Crippen LogP contribution is 2.54. The van der Waals surface area contributed by atoms with E-state index >= 15 is 0 Å². The van der Waals surface area contributed by atoms with Crippen molar-refractivity contribution >= 4 is 129 Å². The van der Waals surface area contributed by atoms with E-state index in [1.807, 2.05) is 22.7 Å². The molecule has 0 saturated heterocycles. The molecule has 0 unspecified atom stereocenters. The SMILES string of the molecule is Cc1ccc2c(sc3ccccc32)c1N(c1ccccc1)c1cc(C(C)C)c2ccc3c(N(c4ccccc4)c4c(C)ccc5c4sc4ccccc45)cc(C(C)C)c4ccc1c2c43. The van der Waals surface area contributed by atoms with Crippen molar-refractivity contribution in [1.82, 2.24) is 0 Å². The van der Waals surface area contributed by atoms with Crippen LogP contribution in [-0.4, -0.2) is 0 Å². The van der Waals surface area contributed by atoms with Gasteiger partial charge < -0.3 is 9.80 Å². The Kier molecular flexibility index (Phi) is 9.09. The maximum atomic E-state index is 2.58. The number of thiophene rings is 2. The van der Waals surface area contributed by atoms with Crippen LogP contribution in [0.2, 0.25) is 0 Å². The molecule has 12 rings (SSSR count). The van der Waals surface area contributed by atoms with Gasteiger partial charge >= 0.3 is 0 Å². The molecular formula is C60H48N2S2. The van der Waals surface area contributed by atoms with E-state index in [4.69, 9.17) is 0 Å². The minimum absolute atomic E-state index is 0.292. The highest BCUT2D eigenvalue weighted by atomic mass is 32.1. The van der Waals surface area contributed by atoms with Gasteiger partial charge in [0.25, 0.3) is 0 Å². The molecule has 310 valence electrons. The van der Waals surface area contributed by atoms with Crippen molar-refractivity contribution in [3.8, 4) is 0 Å². The van der Waals surface area contributed by atoms with E-state index in [1.54, 1.807) is 0 Å². The normalized spacial score (nSPS) is 12.2. The van der Waals surface area contributed by atoms with Crippen LogP contribution in [0.5, 0.6) is 0 Å². The summed E-state index contributed by atoms with van der Waals surface area (Å²) in [4.78, 5) is 5.16. The monoisotopic (exact) mass is 860 g/mol. The Morgan fingerprint density at radius 1 is 0.359 bits per heavy atom. The predicted molar refractivity (Wildman–Crippen MR) is 283 cm³/mol. The second kappa shape index (κ2) is 14.9. The average Bonchev–Trinajstić information content (AvgIpc) is 3.89. The Morgan fingerprint density at radius 3 is 1.12 bits per heavy atom. The molecule has 0 aliphatic heterocycles. The van der Waals surface area contributed by atoms with Crippen LogP contribution in [0, 0.1) is 13.8 Å². The lowest BCUT2D eigenvalue weighted by molar-refractivity contribution is 0.875. The molecule has 0 aliphatic rings. The van der Waals surface area contributed by atoms with Crippen LogP contribution in [0.25, 0.3) is 72.7 Å². The number of rotatable bonds is 8. The molecular weight excluding hydrogens is 813 g/mol. The Morgan fingerprint density at radius 2 is 0.719 bits per heavy atom. The van der Waals surface area contributed by atoms with Crippen LogP contribution in [0.4, 0.5) is 34.1 Å². The van der Waals surface area contributed by atoms with Gasteiger partial charge in [-0.15, -0.1) is 22.7 Å². The van der Waals surface area contributed by atoms with Gasteiger partial charge in [-0.3, -0.25) is 0 Å².